The maximum atomic E-state index is 5.22. The van der Waals surface area contributed by atoms with Crippen molar-refractivity contribution in [1.82, 2.24) is 20.4 Å². The quantitative estimate of drug-likeness (QED) is 0.873. The monoisotopic (exact) mass is 244 g/mol. The highest BCUT2D eigenvalue weighted by Gasteiger charge is 2.29. The van der Waals surface area contributed by atoms with Crippen molar-refractivity contribution in [2.24, 2.45) is 0 Å². The SMILES string of the molecule is C[C@@H](NCc1noc(C2CC2)n1)c1ccncc1. The van der Waals surface area contributed by atoms with Crippen molar-refractivity contribution < 1.29 is 4.52 Å². The Hall–Kier alpha value is -1.75. The molecule has 94 valence electrons. The third-order valence-corrected chi connectivity index (χ3v) is 3.18. The molecule has 0 amide bonds. The van der Waals surface area contributed by atoms with Gasteiger partial charge in [-0.1, -0.05) is 5.16 Å². The Morgan fingerprint density at radius 3 is 2.89 bits per heavy atom. The molecule has 1 N–H and O–H groups in total. The number of nitrogens with one attached hydrogen (secondary N) is 1. The average Bonchev–Trinajstić information content (AvgIpc) is 3.16. The summed E-state index contributed by atoms with van der Waals surface area (Å²) in [5, 5.41) is 7.36. The normalized spacial score (nSPS) is 16.7. The van der Waals surface area contributed by atoms with Crippen LogP contribution in [0.3, 0.4) is 0 Å². The minimum absolute atomic E-state index is 0.246. The lowest BCUT2D eigenvalue weighted by Gasteiger charge is -2.11. The first kappa shape index (κ1) is 11.3. The van der Waals surface area contributed by atoms with Gasteiger partial charge < -0.3 is 9.84 Å². The minimum atomic E-state index is 0.246. The van der Waals surface area contributed by atoms with Crippen molar-refractivity contribution >= 4 is 0 Å². The Kier molecular flexibility index (Phi) is 3.06. The summed E-state index contributed by atoms with van der Waals surface area (Å²) in [6.07, 6.45) is 5.96. The Morgan fingerprint density at radius 1 is 1.39 bits per heavy atom. The Morgan fingerprint density at radius 2 is 2.17 bits per heavy atom. The maximum absolute atomic E-state index is 5.22. The summed E-state index contributed by atoms with van der Waals surface area (Å²) in [6.45, 7) is 2.73. The van der Waals surface area contributed by atoms with Crippen LogP contribution in [0.15, 0.2) is 29.0 Å². The molecule has 18 heavy (non-hydrogen) atoms. The molecule has 1 aliphatic rings. The van der Waals surface area contributed by atoms with E-state index in [9.17, 15) is 0 Å². The van der Waals surface area contributed by atoms with Crippen molar-refractivity contribution in [1.29, 1.82) is 0 Å². The van der Waals surface area contributed by atoms with Crippen molar-refractivity contribution in [2.45, 2.75) is 38.3 Å². The van der Waals surface area contributed by atoms with Crippen LogP contribution in [-0.4, -0.2) is 15.1 Å². The van der Waals surface area contributed by atoms with Crippen LogP contribution in [0.25, 0.3) is 0 Å². The van der Waals surface area contributed by atoms with Gasteiger partial charge in [-0.05, 0) is 37.5 Å². The summed E-state index contributed by atoms with van der Waals surface area (Å²) in [4.78, 5) is 8.39. The lowest BCUT2D eigenvalue weighted by Crippen LogP contribution is -2.18. The number of hydrogen-bond donors (Lipinski definition) is 1. The second-order valence-electron chi connectivity index (χ2n) is 4.71. The zero-order chi connectivity index (χ0) is 12.4. The van der Waals surface area contributed by atoms with Crippen LogP contribution < -0.4 is 5.32 Å². The third-order valence-electron chi connectivity index (χ3n) is 3.18. The second kappa shape index (κ2) is 4.86. The highest BCUT2D eigenvalue weighted by atomic mass is 16.5. The Bertz CT molecular complexity index is 507. The standard InChI is InChI=1S/C13H16N4O/c1-9(10-4-6-14-7-5-10)15-8-12-16-13(18-17-12)11-2-3-11/h4-7,9,11,15H,2-3,8H2,1H3/t9-/m1/s1. The van der Waals surface area contributed by atoms with Crippen molar-refractivity contribution in [3.05, 3.63) is 41.8 Å². The lowest BCUT2D eigenvalue weighted by atomic mass is 10.1. The van der Waals surface area contributed by atoms with E-state index in [0.29, 0.717) is 12.5 Å². The van der Waals surface area contributed by atoms with Gasteiger partial charge in [-0.2, -0.15) is 4.98 Å². The molecule has 5 nitrogen and oxygen atoms in total. The molecular weight excluding hydrogens is 228 g/mol. The smallest absolute Gasteiger partial charge is 0.229 e. The van der Waals surface area contributed by atoms with Gasteiger partial charge in [-0.25, -0.2) is 0 Å². The van der Waals surface area contributed by atoms with Gasteiger partial charge in [-0.3, -0.25) is 4.98 Å². The first-order chi connectivity index (χ1) is 8.83. The Balaban J connectivity index is 1.56. The zero-order valence-corrected chi connectivity index (χ0v) is 10.3. The molecule has 1 saturated carbocycles. The fourth-order valence-electron chi connectivity index (χ4n) is 1.85. The van der Waals surface area contributed by atoms with E-state index in [1.807, 2.05) is 12.1 Å². The topological polar surface area (TPSA) is 63.8 Å². The number of nitrogens with zero attached hydrogens (tertiary/aromatic N) is 3. The predicted molar refractivity (Wildman–Crippen MR) is 65.8 cm³/mol. The van der Waals surface area contributed by atoms with Crippen LogP contribution >= 0.6 is 0 Å². The van der Waals surface area contributed by atoms with Crippen LogP contribution in [0.5, 0.6) is 0 Å². The van der Waals surface area contributed by atoms with Crippen molar-refractivity contribution in [3.8, 4) is 0 Å². The van der Waals surface area contributed by atoms with E-state index < -0.39 is 0 Å². The average molecular weight is 244 g/mol. The largest absolute Gasteiger partial charge is 0.339 e. The van der Waals surface area contributed by atoms with Gasteiger partial charge in [0.15, 0.2) is 5.82 Å². The molecule has 3 rings (SSSR count). The molecule has 0 saturated heterocycles. The number of hydrogen-bond acceptors (Lipinski definition) is 5. The van der Waals surface area contributed by atoms with E-state index in [4.69, 9.17) is 4.52 Å². The van der Waals surface area contributed by atoms with Gasteiger partial charge in [0.1, 0.15) is 0 Å². The molecule has 0 spiro atoms. The fraction of sp³-hybridized carbons (Fsp3) is 0.462. The molecule has 0 bridgehead atoms. The van der Waals surface area contributed by atoms with E-state index in [1.165, 1.54) is 18.4 Å². The first-order valence-corrected chi connectivity index (χ1v) is 6.28. The summed E-state index contributed by atoms with van der Waals surface area (Å²) < 4.78 is 5.22. The molecule has 0 radical (unpaired) electrons. The van der Waals surface area contributed by atoms with Gasteiger partial charge in [0.2, 0.25) is 5.89 Å². The molecule has 1 fully saturated rings. The zero-order valence-electron chi connectivity index (χ0n) is 10.3. The summed E-state index contributed by atoms with van der Waals surface area (Å²) >= 11 is 0. The van der Waals surface area contributed by atoms with Crippen LogP contribution in [0.2, 0.25) is 0 Å². The maximum Gasteiger partial charge on any atom is 0.229 e. The van der Waals surface area contributed by atoms with Crippen LogP contribution in [0.4, 0.5) is 0 Å². The highest BCUT2D eigenvalue weighted by molar-refractivity contribution is 5.14. The minimum Gasteiger partial charge on any atom is -0.339 e. The number of rotatable bonds is 5. The molecule has 1 aliphatic carbocycles. The molecule has 5 heteroatoms. The van der Waals surface area contributed by atoms with Gasteiger partial charge >= 0.3 is 0 Å². The van der Waals surface area contributed by atoms with Crippen LogP contribution in [-0.2, 0) is 6.54 Å². The van der Waals surface area contributed by atoms with E-state index in [-0.39, 0.29) is 6.04 Å². The fourth-order valence-corrected chi connectivity index (χ4v) is 1.85. The summed E-state index contributed by atoms with van der Waals surface area (Å²) in [5.74, 6) is 2.05. The molecule has 0 aliphatic heterocycles. The predicted octanol–water partition coefficient (Wildman–Crippen LogP) is 2.19. The first-order valence-electron chi connectivity index (χ1n) is 6.28. The van der Waals surface area contributed by atoms with E-state index in [0.717, 1.165) is 11.7 Å². The van der Waals surface area contributed by atoms with Crippen molar-refractivity contribution in [3.63, 3.8) is 0 Å². The van der Waals surface area contributed by atoms with E-state index in [1.54, 1.807) is 12.4 Å². The highest BCUT2D eigenvalue weighted by Crippen LogP contribution is 2.38. The molecule has 2 aromatic heterocycles. The van der Waals surface area contributed by atoms with Gasteiger partial charge in [0, 0.05) is 24.4 Å². The molecule has 0 aromatic carbocycles. The van der Waals surface area contributed by atoms with Gasteiger partial charge in [0.25, 0.3) is 0 Å². The number of aromatic nitrogens is 3. The molecular formula is C13H16N4O. The van der Waals surface area contributed by atoms with E-state index in [2.05, 4.69) is 27.4 Å². The van der Waals surface area contributed by atoms with Gasteiger partial charge in [0.05, 0.1) is 6.54 Å². The van der Waals surface area contributed by atoms with Crippen LogP contribution in [0, 0.1) is 0 Å². The summed E-state index contributed by atoms with van der Waals surface area (Å²) in [7, 11) is 0. The molecule has 1 atom stereocenters. The van der Waals surface area contributed by atoms with Gasteiger partial charge in [-0.15, -0.1) is 0 Å². The molecule has 0 unspecified atom stereocenters. The van der Waals surface area contributed by atoms with Crippen molar-refractivity contribution in [2.75, 3.05) is 0 Å². The Labute approximate surface area is 106 Å². The summed E-state index contributed by atoms with van der Waals surface area (Å²) in [5.41, 5.74) is 1.20. The van der Waals surface area contributed by atoms with E-state index >= 15 is 0 Å². The molecule has 2 aromatic rings. The third kappa shape index (κ3) is 2.56. The summed E-state index contributed by atoms with van der Waals surface area (Å²) in [6, 6.07) is 4.25. The molecule has 2 heterocycles. The lowest BCUT2D eigenvalue weighted by molar-refractivity contribution is 0.371. The number of pyridine rings is 1. The second-order valence-corrected chi connectivity index (χ2v) is 4.71. The van der Waals surface area contributed by atoms with Crippen LogP contribution in [0.1, 0.15) is 49.0 Å².